The molecule has 3 heteroatoms. The molecule has 16 heavy (non-hydrogen) atoms. The van der Waals surface area contributed by atoms with Crippen LogP contribution in [0.1, 0.15) is 55.4 Å². The maximum atomic E-state index is 3.74. The van der Waals surface area contributed by atoms with E-state index in [1.165, 1.54) is 0 Å². The van der Waals surface area contributed by atoms with Gasteiger partial charge in [-0.1, -0.05) is 55.4 Å². The third-order valence-corrected chi connectivity index (χ3v) is 0.869. The smallest absolute Gasteiger partial charge is 0.0791 e. The van der Waals surface area contributed by atoms with Gasteiger partial charge in [-0.05, 0) is 5.41 Å². The number of rotatable bonds is 0. The maximum absolute atomic E-state index is 3.74. The number of hydrogen-bond acceptors (Lipinski definition) is 2. The molecule has 1 nitrogen and oxygen atoms in total. The molecule has 1 radical (unpaired) electrons. The molecule has 1 rings (SSSR count). The zero-order chi connectivity index (χ0) is 12.0. The van der Waals surface area contributed by atoms with Crippen LogP contribution >= 0.6 is 11.3 Å². The summed E-state index contributed by atoms with van der Waals surface area (Å²) in [5.41, 5.74) is 2.29. The van der Waals surface area contributed by atoms with E-state index in [1.54, 1.807) is 23.0 Å². The minimum atomic E-state index is 0. The summed E-state index contributed by atoms with van der Waals surface area (Å²) in [5, 5.41) is 1.93. The summed E-state index contributed by atoms with van der Waals surface area (Å²) in [4.78, 5) is 3.74. The van der Waals surface area contributed by atoms with Gasteiger partial charge in [0.15, 0.2) is 0 Å². The molecule has 0 amide bonds. The van der Waals surface area contributed by atoms with Gasteiger partial charge < -0.3 is 7.43 Å². The molecule has 1 aromatic heterocycles. The minimum absolute atomic E-state index is 0. The fourth-order valence-corrected chi connectivity index (χ4v) is 0.527. The molecule has 0 saturated carbocycles. The van der Waals surface area contributed by atoms with Crippen LogP contribution in [0.15, 0.2) is 17.1 Å². The Hall–Kier alpha value is 0.734. The molecular formula is C13H30NSY-. The van der Waals surface area contributed by atoms with Gasteiger partial charge in [0.1, 0.15) is 0 Å². The van der Waals surface area contributed by atoms with Crippen LogP contribution in [0.5, 0.6) is 0 Å². The molecule has 0 fully saturated rings. The van der Waals surface area contributed by atoms with Gasteiger partial charge in [0, 0.05) is 44.3 Å². The Bertz CT molecular complexity index is 122. The van der Waals surface area contributed by atoms with Gasteiger partial charge in [0.25, 0.3) is 0 Å². The predicted molar refractivity (Wildman–Crippen MR) is 76.4 cm³/mol. The number of aromatic nitrogens is 1. The van der Waals surface area contributed by atoms with Gasteiger partial charge in [0.2, 0.25) is 0 Å². The van der Waals surface area contributed by atoms with Crippen molar-refractivity contribution in [3.63, 3.8) is 0 Å². The zero-order valence-corrected chi connectivity index (χ0v) is 16.3. The van der Waals surface area contributed by atoms with Crippen LogP contribution in [0.4, 0.5) is 0 Å². The van der Waals surface area contributed by atoms with E-state index in [4.69, 9.17) is 0 Å². The summed E-state index contributed by atoms with van der Waals surface area (Å²) in [5.74, 6) is 0. The van der Waals surface area contributed by atoms with Crippen LogP contribution in [0, 0.1) is 12.8 Å². The molecule has 0 bridgehead atoms. The molecule has 0 saturated heterocycles. The SMILES string of the molecule is CC.CC.CC(C)(C)C.[CH3-].[Y].c1cscn1. The van der Waals surface area contributed by atoms with E-state index >= 15 is 0 Å². The summed E-state index contributed by atoms with van der Waals surface area (Å²) in [6, 6.07) is 0. The molecule has 1 aromatic rings. The van der Waals surface area contributed by atoms with Crippen molar-refractivity contribution in [1.29, 1.82) is 0 Å². The average Bonchev–Trinajstić information content (AvgIpc) is 2.64. The van der Waals surface area contributed by atoms with Crippen molar-refractivity contribution in [3.8, 4) is 0 Å². The second kappa shape index (κ2) is 24.8. The van der Waals surface area contributed by atoms with E-state index < -0.39 is 0 Å². The van der Waals surface area contributed by atoms with Crippen molar-refractivity contribution in [3.05, 3.63) is 24.5 Å². The van der Waals surface area contributed by atoms with Crippen LogP contribution in [-0.2, 0) is 32.7 Å². The molecule has 97 valence electrons. The van der Waals surface area contributed by atoms with Gasteiger partial charge in [-0.25, -0.2) is 0 Å². The van der Waals surface area contributed by atoms with Crippen molar-refractivity contribution >= 4 is 11.3 Å². The first-order valence-electron chi connectivity index (χ1n) is 5.32. The average molecular weight is 321 g/mol. The normalized spacial score (nSPS) is 7.00. The van der Waals surface area contributed by atoms with E-state index in [9.17, 15) is 0 Å². The Labute approximate surface area is 133 Å². The fraction of sp³-hybridized carbons (Fsp3) is 0.692. The monoisotopic (exact) mass is 321 g/mol. The van der Waals surface area contributed by atoms with Crippen LogP contribution in [0.3, 0.4) is 0 Å². The number of hydrogen-bond donors (Lipinski definition) is 0. The van der Waals surface area contributed by atoms with Crippen LogP contribution in [-0.4, -0.2) is 4.98 Å². The van der Waals surface area contributed by atoms with Gasteiger partial charge in [-0.15, -0.1) is 11.3 Å². The van der Waals surface area contributed by atoms with Crippen molar-refractivity contribution in [2.45, 2.75) is 55.4 Å². The summed E-state index contributed by atoms with van der Waals surface area (Å²) < 4.78 is 0. The van der Waals surface area contributed by atoms with Crippen molar-refractivity contribution in [1.82, 2.24) is 4.98 Å². The molecule has 1 heterocycles. The molecule has 0 aliphatic rings. The molecule has 0 aliphatic carbocycles. The molecule has 0 aromatic carbocycles. The quantitative estimate of drug-likeness (QED) is 0.559. The third kappa shape index (κ3) is 84.5. The van der Waals surface area contributed by atoms with Gasteiger partial charge in [-0.3, -0.25) is 4.98 Å². The van der Waals surface area contributed by atoms with E-state index in [1.807, 2.05) is 33.1 Å². The van der Waals surface area contributed by atoms with Gasteiger partial charge >= 0.3 is 0 Å². The number of nitrogens with zero attached hydrogens (tertiary/aromatic N) is 1. The Morgan fingerprint density at radius 2 is 1.25 bits per heavy atom. The van der Waals surface area contributed by atoms with Crippen LogP contribution < -0.4 is 0 Å². The maximum Gasteiger partial charge on any atom is 0.0791 e. The van der Waals surface area contributed by atoms with Crippen LogP contribution in [0.2, 0.25) is 0 Å². The Balaban J connectivity index is -0.0000000352. The van der Waals surface area contributed by atoms with Gasteiger partial charge in [0.05, 0.1) is 5.51 Å². The molecule has 0 atom stereocenters. The van der Waals surface area contributed by atoms with Crippen molar-refractivity contribution < 1.29 is 32.7 Å². The Morgan fingerprint density at radius 3 is 1.31 bits per heavy atom. The minimum Gasteiger partial charge on any atom is -0.358 e. The molecule has 0 N–H and O–H groups in total. The topological polar surface area (TPSA) is 12.9 Å². The largest absolute Gasteiger partial charge is 0.358 e. The predicted octanol–water partition coefficient (Wildman–Crippen LogP) is 5.70. The first-order chi connectivity index (χ1) is 6.50. The Morgan fingerprint density at radius 1 is 0.938 bits per heavy atom. The second-order valence-electron chi connectivity index (χ2n) is 3.68. The summed E-state index contributed by atoms with van der Waals surface area (Å²) in [6.45, 7) is 16.8. The Kier molecular flexibility index (Phi) is 46.7. The first-order valence-corrected chi connectivity index (χ1v) is 6.26. The van der Waals surface area contributed by atoms with E-state index in [-0.39, 0.29) is 40.1 Å². The molecule has 0 aliphatic heterocycles. The van der Waals surface area contributed by atoms with E-state index in [0.29, 0.717) is 5.41 Å². The van der Waals surface area contributed by atoms with Gasteiger partial charge in [-0.2, -0.15) is 0 Å². The first kappa shape index (κ1) is 30.1. The fourth-order valence-electron chi connectivity index (χ4n) is 0.176. The zero-order valence-electron chi connectivity index (χ0n) is 12.7. The van der Waals surface area contributed by atoms with Crippen LogP contribution in [0.25, 0.3) is 0 Å². The molecular weight excluding hydrogens is 291 g/mol. The second-order valence-corrected chi connectivity index (χ2v) is 4.43. The standard InChI is InChI=1S/C5H12.C3H3NS.2C2H6.CH3.Y/c1-5(2,3)4;1-2-5-3-4-1;2*1-2;;/h1-4H3;1-3H;2*1-2H3;1H3;/q;;;;-1;. The van der Waals surface area contributed by atoms with Crippen molar-refractivity contribution in [2.75, 3.05) is 0 Å². The molecule has 0 unspecified atom stereocenters. The summed E-state index contributed by atoms with van der Waals surface area (Å²) in [6.07, 6.45) is 1.77. The van der Waals surface area contributed by atoms with E-state index in [2.05, 4.69) is 32.7 Å². The third-order valence-electron chi connectivity index (χ3n) is 0.347. The van der Waals surface area contributed by atoms with E-state index in [0.717, 1.165) is 0 Å². The number of thiazole rings is 1. The summed E-state index contributed by atoms with van der Waals surface area (Å²) >= 11 is 1.60. The molecule has 0 spiro atoms. The van der Waals surface area contributed by atoms with Crippen molar-refractivity contribution in [2.24, 2.45) is 5.41 Å². The summed E-state index contributed by atoms with van der Waals surface area (Å²) in [7, 11) is 0.